The highest BCUT2D eigenvalue weighted by molar-refractivity contribution is 7.98. The SMILES string of the molecule is Cn1ncc(C(O)c2c(NC(=O)CN3CCCC(O)C3)sc3c2CCSC3)c1C(F)(F)F. The predicted molar refractivity (Wildman–Crippen MR) is 117 cm³/mol. The number of amides is 1. The van der Waals surface area contributed by atoms with Crippen LogP contribution < -0.4 is 5.32 Å². The highest BCUT2D eigenvalue weighted by Gasteiger charge is 2.40. The van der Waals surface area contributed by atoms with Crippen molar-refractivity contribution in [1.29, 1.82) is 0 Å². The third-order valence-electron chi connectivity index (χ3n) is 5.77. The van der Waals surface area contributed by atoms with Crippen LogP contribution in [-0.4, -0.2) is 62.3 Å². The Hall–Kier alpha value is -1.60. The molecular formula is C20H25F3N4O3S2. The lowest BCUT2D eigenvalue weighted by molar-refractivity contribution is -0.145. The van der Waals surface area contributed by atoms with Gasteiger partial charge in [0.2, 0.25) is 5.91 Å². The molecule has 32 heavy (non-hydrogen) atoms. The molecule has 2 atom stereocenters. The molecule has 0 spiro atoms. The molecule has 4 rings (SSSR count). The van der Waals surface area contributed by atoms with E-state index >= 15 is 0 Å². The Morgan fingerprint density at radius 1 is 1.44 bits per heavy atom. The van der Waals surface area contributed by atoms with Crippen LogP contribution in [0.3, 0.4) is 0 Å². The lowest BCUT2D eigenvalue weighted by Crippen LogP contribution is -2.42. The van der Waals surface area contributed by atoms with Gasteiger partial charge in [-0.2, -0.15) is 30.0 Å². The molecule has 1 saturated heterocycles. The molecule has 0 radical (unpaired) electrons. The smallest absolute Gasteiger partial charge is 0.392 e. The molecule has 1 fully saturated rings. The third-order valence-corrected chi connectivity index (χ3v) is 8.10. The zero-order valence-corrected chi connectivity index (χ0v) is 19.1. The van der Waals surface area contributed by atoms with Crippen molar-refractivity contribution < 1.29 is 28.2 Å². The van der Waals surface area contributed by atoms with E-state index < -0.39 is 24.1 Å². The number of carbonyl (C=O) groups excluding carboxylic acids is 1. The number of nitrogens with zero attached hydrogens (tertiary/aromatic N) is 3. The second kappa shape index (κ2) is 9.34. The Morgan fingerprint density at radius 2 is 2.22 bits per heavy atom. The van der Waals surface area contributed by atoms with E-state index in [0.717, 1.165) is 28.8 Å². The molecule has 2 unspecified atom stereocenters. The second-order valence-electron chi connectivity index (χ2n) is 8.10. The summed E-state index contributed by atoms with van der Waals surface area (Å²) in [5, 5.41) is 27.8. The Bertz CT molecular complexity index is 992. The van der Waals surface area contributed by atoms with Gasteiger partial charge in [-0.25, -0.2) is 0 Å². The average molecular weight is 491 g/mol. The molecule has 12 heteroatoms. The number of rotatable bonds is 5. The number of alkyl halides is 3. The minimum Gasteiger partial charge on any atom is -0.392 e. The molecule has 0 aliphatic carbocycles. The number of aryl methyl sites for hydroxylation is 1. The fraction of sp³-hybridized carbons (Fsp3) is 0.600. The van der Waals surface area contributed by atoms with Gasteiger partial charge in [-0.15, -0.1) is 11.3 Å². The van der Waals surface area contributed by atoms with Crippen molar-refractivity contribution in [2.24, 2.45) is 7.05 Å². The van der Waals surface area contributed by atoms with Crippen LogP contribution in [-0.2, 0) is 30.2 Å². The summed E-state index contributed by atoms with van der Waals surface area (Å²) in [6.45, 7) is 1.18. The summed E-state index contributed by atoms with van der Waals surface area (Å²) in [5.74, 6) is 1.16. The second-order valence-corrected chi connectivity index (χ2v) is 10.3. The van der Waals surface area contributed by atoms with Crippen LogP contribution in [0, 0.1) is 0 Å². The summed E-state index contributed by atoms with van der Waals surface area (Å²) >= 11 is 3.02. The van der Waals surface area contributed by atoms with E-state index in [9.17, 15) is 28.2 Å². The number of fused-ring (bicyclic) bond motifs is 1. The molecule has 7 nitrogen and oxygen atoms in total. The number of likely N-dealkylation sites (tertiary alicyclic amines) is 1. The van der Waals surface area contributed by atoms with Gasteiger partial charge < -0.3 is 15.5 Å². The number of hydrogen-bond donors (Lipinski definition) is 3. The van der Waals surface area contributed by atoms with E-state index in [-0.39, 0.29) is 18.0 Å². The fourth-order valence-electron chi connectivity index (χ4n) is 4.34. The molecule has 0 aromatic carbocycles. The van der Waals surface area contributed by atoms with Crippen LogP contribution >= 0.6 is 23.1 Å². The van der Waals surface area contributed by atoms with Crippen LogP contribution in [0.5, 0.6) is 0 Å². The molecule has 2 aromatic heterocycles. The minimum atomic E-state index is -4.67. The summed E-state index contributed by atoms with van der Waals surface area (Å²) in [4.78, 5) is 15.5. The number of anilines is 1. The van der Waals surface area contributed by atoms with E-state index in [1.54, 1.807) is 11.8 Å². The maximum Gasteiger partial charge on any atom is 0.433 e. The van der Waals surface area contributed by atoms with Gasteiger partial charge in [0.25, 0.3) is 0 Å². The Balaban J connectivity index is 1.64. The van der Waals surface area contributed by atoms with Crippen molar-refractivity contribution in [3.05, 3.63) is 33.5 Å². The number of aliphatic hydroxyl groups excluding tert-OH is 2. The average Bonchev–Trinajstić information content (AvgIpc) is 3.27. The first-order valence-corrected chi connectivity index (χ1v) is 12.3. The number of aromatic nitrogens is 2. The molecular weight excluding hydrogens is 465 g/mol. The number of piperidine rings is 1. The van der Waals surface area contributed by atoms with Crippen LogP contribution in [0.4, 0.5) is 18.2 Å². The summed E-state index contributed by atoms with van der Waals surface area (Å²) < 4.78 is 41.6. The van der Waals surface area contributed by atoms with E-state index in [2.05, 4.69) is 10.4 Å². The normalized spacial score (nSPS) is 20.8. The van der Waals surface area contributed by atoms with Gasteiger partial charge in [0.1, 0.15) is 16.8 Å². The zero-order valence-electron chi connectivity index (χ0n) is 17.5. The topological polar surface area (TPSA) is 90.6 Å². The molecule has 1 amide bonds. The van der Waals surface area contributed by atoms with Crippen molar-refractivity contribution >= 4 is 34.0 Å². The summed E-state index contributed by atoms with van der Waals surface area (Å²) in [5.41, 5.74) is -0.194. The van der Waals surface area contributed by atoms with E-state index in [0.29, 0.717) is 46.9 Å². The first-order chi connectivity index (χ1) is 15.1. The molecule has 4 heterocycles. The van der Waals surface area contributed by atoms with Gasteiger partial charge in [0.05, 0.1) is 18.8 Å². The standard InChI is InChI=1S/C20H25F3N4O3S2/c1-26-18(20(21,22)23)13(7-24-26)17(30)16-12-4-6-31-10-14(12)32-19(16)25-15(29)9-27-5-2-3-11(28)8-27/h7,11,17,28,30H,2-6,8-10H2,1H3,(H,25,29). The number of thioether (sulfide) groups is 1. The van der Waals surface area contributed by atoms with Crippen molar-refractivity contribution in [2.45, 2.75) is 43.4 Å². The lowest BCUT2D eigenvalue weighted by Gasteiger charge is -2.29. The van der Waals surface area contributed by atoms with Gasteiger partial charge in [0.15, 0.2) is 0 Å². The number of carbonyl (C=O) groups is 1. The van der Waals surface area contributed by atoms with Crippen LogP contribution in [0.2, 0.25) is 0 Å². The lowest BCUT2D eigenvalue weighted by atomic mass is 9.97. The van der Waals surface area contributed by atoms with Crippen LogP contribution in [0.1, 0.15) is 46.2 Å². The van der Waals surface area contributed by atoms with Crippen molar-refractivity contribution in [2.75, 3.05) is 30.7 Å². The Labute approximate surface area is 191 Å². The Morgan fingerprint density at radius 3 is 2.94 bits per heavy atom. The van der Waals surface area contributed by atoms with Gasteiger partial charge in [-0.05, 0) is 37.1 Å². The third kappa shape index (κ3) is 4.84. The highest BCUT2D eigenvalue weighted by Crippen LogP contribution is 2.46. The van der Waals surface area contributed by atoms with Gasteiger partial charge in [-0.1, -0.05) is 0 Å². The number of aliphatic hydroxyl groups is 2. The van der Waals surface area contributed by atoms with Crippen molar-refractivity contribution in [3.63, 3.8) is 0 Å². The molecule has 176 valence electrons. The van der Waals surface area contributed by atoms with Gasteiger partial charge in [0, 0.05) is 35.3 Å². The molecule has 2 aliphatic rings. The zero-order chi connectivity index (χ0) is 23.0. The first kappa shape index (κ1) is 23.6. The van der Waals surface area contributed by atoms with Crippen molar-refractivity contribution in [1.82, 2.24) is 14.7 Å². The molecule has 3 N–H and O–H groups in total. The predicted octanol–water partition coefficient (Wildman–Crippen LogP) is 2.77. The molecule has 0 saturated carbocycles. The number of halogens is 3. The molecule has 0 bridgehead atoms. The number of thiophene rings is 1. The number of β-amino-alcohol motifs (C(OH)–C–C–N with tert-alkyl or cyclic N) is 1. The fourth-order valence-corrected chi connectivity index (χ4v) is 6.77. The van der Waals surface area contributed by atoms with E-state index in [4.69, 9.17) is 0 Å². The summed E-state index contributed by atoms with van der Waals surface area (Å²) in [6, 6.07) is 0. The number of nitrogens with one attached hydrogen (secondary N) is 1. The van der Waals surface area contributed by atoms with Gasteiger partial charge >= 0.3 is 6.18 Å². The van der Waals surface area contributed by atoms with Crippen LogP contribution in [0.15, 0.2) is 6.20 Å². The summed E-state index contributed by atoms with van der Waals surface area (Å²) in [7, 11) is 1.19. The van der Waals surface area contributed by atoms with Crippen LogP contribution in [0.25, 0.3) is 0 Å². The van der Waals surface area contributed by atoms with E-state index in [1.165, 1.54) is 18.4 Å². The highest BCUT2D eigenvalue weighted by atomic mass is 32.2. The van der Waals surface area contributed by atoms with Gasteiger partial charge in [-0.3, -0.25) is 14.4 Å². The quantitative estimate of drug-likeness (QED) is 0.597. The largest absolute Gasteiger partial charge is 0.433 e. The summed E-state index contributed by atoms with van der Waals surface area (Å²) in [6.07, 6.45) is -3.55. The molecule has 2 aromatic rings. The van der Waals surface area contributed by atoms with E-state index in [1.807, 2.05) is 4.90 Å². The monoisotopic (exact) mass is 490 g/mol. The number of hydrogen-bond acceptors (Lipinski definition) is 7. The maximum atomic E-state index is 13.6. The minimum absolute atomic E-state index is 0.0740. The maximum absolute atomic E-state index is 13.6. The molecule has 2 aliphatic heterocycles. The Kier molecular flexibility index (Phi) is 6.87. The first-order valence-electron chi connectivity index (χ1n) is 10.3. The van der Waals surface area contributed by atoms with Crippen molar-refractivity contribution in [3.8, 4) is 0 Å².